The van der Waals surface area contributed by atoms with Crippen LogP contribution in [-0.2, 0) is 4.74 Å². The second-order valence-electron chi connectivity index (χ2n) is 5.94. The quantitative estimate of drug-likeness (QED) is 0.638. The van der Waals surface area contributed by atoms with Gasteiger partial charge in [0.15, 0.2) is 0 Å². The number of hydrogen-bond donors (Lipinski definition) is 0. The van der Waals surface area contributed by atoms with Crippen LogP contribution in [0.4, 0.5) is 0 Å². The Balaban J connectivity index is 2.27. The van der Waals surface area contributed by atoms with Crippen molar-refractivity contribution < 1.29 is 18.7 Å². The van der Waals surface area contributed by atoms with Gasteiger partial charge in [-0.15, -0.1) is 0 Å². The fourth-order valence-corrected chi connectivity index (χ4v) is 3.02. The number of carbonyl (C=O) groups is 1. The Morgan fingerprint density at radius 3 is 2.48 bits per heavy atom. The smallest absolute Gasteiger partial charge is 0.374 e. The molecule has 0 atom stereocenters. The first-order chi connectivity index (χ1) is 9.81. The second kappa shape index (κ2) is 5.77. The Bertz CT molecular complexity index is 653. The number of furan rings is 1. The van der Waals surface area contributed by atoms with E-state index in [1.807, 2.05) is 13.0 Å². The third kappa shape index (κ3) is 3.55. The summed E-state index contributed by atoms with van der Waals surface area (Å²) in [5, 5.41) is 1.31. The van der Waals surface area contributed by atoms with E-state index in [0.29, 0.717) is 0 Å². The number of hydrogen-bond acceptors (Lipinski definition) is 4. The summed E-state index contributed by atoms with van der Waals surface area (Å²) in [7, 11) is -0.0956. The van der Waals surface area contributed by atoms with Gasteiger partial charge in [-0.3, -0.25) is 0 Å². The Morgan fingerprint density at radius 1 is 1.14 bits per heavy atom. The molecule has 0 bridgehead atoms. The van der Waals surface area contributed by atoms with E-state index in [0.717, 1.165) is 11.3 Å². The molecular weight excluding hydrogens is 284 g/mol. The Hall–Kier alpha value is -2.01. The molecule has 0 aliphatic carbocycles. The van der Waals surface area contributed by atoms with Crippen LogP contribution in [0.3, 0.4) is 0 Å². The lowest BCUT2D eigenvalue weighted by atomic mass is 10.2. The second-order valence-corrected chi connectivity index (χ2v) is 11.0. The first-order valence-electron chi connectivity index (χ1n) is 6.78. The average molecular weight is 304 g/mol. The molecule has 0 saturated heterocycles. The average Bonchev–Trinajstić information content (AvgIpc) is 2.87. The zero-order chi connectivity index (χ0) is 15.6. The molecule has 4 nitrogen and oxygen atoms in total. The molecule has 0 saturated carbocycles. The van der Waals surface area contributed by atoms with E-state index in [1.54, 1.807) is 12.1 Å². The number of benzene rings is 1. The highest BCUT2D eigenvalue weighted by molar-refractivity contribution is 6.88. The van der Waals surface area contributed by atoms with Crippen molar-refractivity contribution in [2.24, 2.45) is 0 Å². The molecular formula is C16H20O4Si. The van der Waals surface area contributed by atoms with Crippen molar-refractivity contribution in [2.45, 2.75) is 26.6 Å². The zero-order valence-corrected chi connectivity index (χ0v) is 14.0. The van der Waals surface area contributed by atoms with Crippen molar-refractivity contribution in [1.82, 2.24) is 0 Å². The predicted molar refractivity (Wildman–Crippen MR) is 84.3 cm³/mol. The van der Waals surface area contributed by atoms with Crippen LogP contribution in [0.15, 0.2) is 34.7 Å². The molecule has 2 aromatic rings. The van der Waals surface area contributed by atoms with Crippen molar-refractivity contribution in [3.8, 4) is 11.7 Å². The molecule has 0 spiro atoms. The van der Waals surface area contributed by atoms with Crippen molar-refractivity contribution in [2.75, 3.05) is 7.11 Å². The van der Waals surface area contributed by atoms with E-state index in [2.05, 4.69) is 36.5 Å². The minimum absolute atomic E-state index is 0.131. The van der Waals surface area contributed by atoms with E-state index >= 15 is 0 Å². The van der Waals surface area contributed by atoms with Gasteiger partial charge in [0.2, 0.25) is 5.76 Å². The number of carbonyl (C=O) groups excluding carboxylic acids is 1. The number of aryl methyl sites for hydroxylation is 1. The lowest BCUT2D eigenvalue weighted by Crippen LogP contribution is -2.37. The summed E-state index contributed by atoms with van der Waals surface area (Å²) in [4.78, 5) is 11.4. The molecule has 1 aromatic heterocycles. The number of esters is 1. The van der Waals surface area contributed by atoms with E-state index in [-0.39, 0.29) is 11.7 Å². The van der Waals surface area contributed by atoms with Gasteiger partial charge in [0.25, 0.3) is 5.95 Å². The van der Waals surface area contributed by atoms with Crippen LogP contribution in [0.25, 0.3) is 0 Å². The van der Waals surface area contributed by atoms with Gasteiger partial charge in [0.05, 0.1) is 15.2 Å². The van der Waals surface area contributed by atoms with Crippen molar-refractivity contribution >= 4 is 19.2 Å². The van der Waals surface area contributed by atoms with Crippen LogP contribution < -0.4 is 9.92 Å². The van der Waals surface area contributed by atoms with Gasteiger partial charge in [-0.05, 0) is 24.6 Å². The molecule has 0 aliphatic rings. The monoisotopic (exact) mass is 304 g/mol. The van der Waals surface area contributed by atoms with Crippen LogP contribution in [0.2, 0.25) is 19.6 Å². The summed E-state index contributed by atoms with van der Waals surface area (Å²) in [5.41, 5.74) is 1.02. The number of methoxy groups -OCH3 is 1. The van der Waals surface area contributed by atoms with Crippen LogP contribution in [-0.4, -0.2) is 21.2 Å². The largest absolute Gasteiger partial charge is 0.463 e. The molecule has 2 rings (SSSR count). The molecule has 112 valence electrons. The van der Waals surface area contributed by atoms with Crippen LogP contribution in [0, 0.1) is 6.92 Å². The summed E-state index contributed by atoms with van der Waals surface area (Å²) in [5.74, 6) is 0.649. The maximum absolute atomic E-state index is 11.4. The summed E-state index contributed by atoms with van der Waals surface area (Å²) >= 11 is 0. The molecule has 1 aromatic carbocycles. The van der Waals surface area contributed by atoms with Gasteiger partial charge >= 0.3 is 5.97 Å². The number of ether oxygens (including phenoxy) is 2. The SMILES string of the molecule is COC(=O)c1ccc(Oc2cc([Si](C)(C)C)ccc2C)o1. The highest BCUT2D eigenvalue weighted by atomic mass is 28.3. The van der Waals surface area contributed by atoms with Gasteiger partial charge < -0.3 is 13.9 Å². The molecule has 0 radical (unpaired) electrons. The molecule has 21 heavy (non-hydrogen) atoms. The molecule has 0 amide bonds. The first kappa shape index (κ1) is 15.4. The highest BCUT2D eigenvalue weighted by Crippen LogP contribution is 2.26. The summed E-state index contributed by atoms with van der Waals surface area (Å²) in [6.07, 6.45) is 0. The minimum atomic E-state index is -1.41. The van der Waals surface area contributed by atoms with E-state index in [9.17, 15) is 4.79 Å². The van der Waals surface area contributed by atoms with Crippen LogP contribution in [0.5, 0.6) is 11.7 Å². The van der Waals surface area contributed by atoms with Gasteiger partial charge in [0.1, 0.15) is 5.75 Å². The molecule has 0 N–H and O–H groups in total. The Morgan fingerprint density at radius 2 is 1.86 bits per heavy atom. The topological polar surface area (TPSA) is 48.7 Å². The van der Waals surface area contributed by atoms with Crippen LogP contribution >= 0.6 is 0 Å². The molecule has 5 heteroatoms. The predicted octanol–water partition coefficient (Wildman–Crippen LogP) is 3.71. The van der Waals surface area contributed by atoms with E-state index < -0.39 is 14.0 Å². The van der Waals surface area contributed by atoms with Crippen molar-refractivity contribution in [3.63, 3.8) is 0 Å². The third-order valence-corrected chi connectivity index (χ3v) is 5.28. The van der Waals surface area contributed by atoms with E-state index in [4.69, 9.17) is 9.15 Å². The molecule has 1 heterocycles. The fourth-order valence-electron chi connectivity index (χ4n) is 1.87. The maximum atomic E-state index is 11.4. The Labute approximate surface area is 125 Å². The third-order valence-electron chi connectivity index (χ3n) is 3.23. The van der Waals surface area contributed by atoms with Crippen molar-refractivity contribution in [3.05, 3.63) is 41.7 Å². The van der Waals surface area contributed by atoms with E-state index in [1.165, 1.54) is 12.3 Å². The molecule has 0 aliphatic heterocycles. The lowest BCUT2D eigenvalue weighted by molar-refractivity contribution is 0.0560. The fraction of sp³-hybridized carbons (Fsp3) is 0.312. The summed E-state index contributed by atoms with van der Waals surface area (Å²) in [6, 6.07) is 9.41. The minimum Gasteiger partial charge on any atom is -0.463 e. The highest BCUT2D eigenvalue weighted by Gasteiger charge is 2.18. The zero-order valence-electron chi connectivity index (χ0n) is 13.0. The van der Waals surface area contributed by atoms with Gasteiger partial charge in [-0.1, -0.05) is 37.0 Å². The standard InChI is InChI=1S/C16H20O4Si/c1-11-6-7-12(21(3,4)5)10-14(11)20-15-9-8-13(19-15)16(17)18-2/h6-10H,1-5H3. The molecule has 0 fully saturated rings. The lowest BCUT2D eigenvalue weighted by Gasteiger charge is -2.18. The number of rotatable bonds is 4. The summed E-state index contributed by atoms with van der Waals surface area (Å²) in [6.45, 7) is 8.82. The van der Waals surface area contributed by atoms with Crippen molar-refractivity contribution in [1.29, 1.82) is 0 Å². The normalized spacial score (nSPS) is 11.3. The molecule has 0 unspecified atom stereocenters. The maximum Gasteiger partial charge on any atom is 0.374 e. The Kier molecular flexibility index (Phi) is 4.23. The van der Waals surface area contributed by atoms with Gasteiger partial charge in [0, 0.05) is 6.07 Å². The summed E-state index contributed by atoms with van der Waals surface area (Å²) < 4.78 is 15.7. The van der Waals surface area contributed by atoms with Crippen LogP contribution in [0.1, 0.15) is 16.1 Å². The van der Waals surface area contributed by atoms with Gasteiger partial charge in [-0.2, -0.15) is 0 Å². The van der Waals surface area contributed by atoms with Gasteiger partial charge in [-0.25, -0.2) is 4.79 Å². The first-order valence-corrected chi connectivity index (χ1v) is 10.3.